The fourth-order valence-corrected chi connectivity index (χ4v) is 1.49. The van der Waals surface area contributed by atoms with E-state index in [1.54, 1.807) is 0 Å². The summed E-state index contributed by atoms with van der Waals surface area (Å²) in [5.41, 5.74) is 0. The Hall–Kier alpha value is -0.470. The summed E-state index contributed by atoms with van der Waals surface area (Å²) in [7, 11) is 0. The largest absolute Gasteiger partial charge is 0.350 e. The van der Waals surface area contributed by atoms with Crippen LogP contribution in [0.1, 0.15) is 12.5 Å². The van der Waals surface area contributed by atoms with Gasteiger partial charge in [0.1, 0.15) is 0 Å². The highest BCUT2D eigenvalue weighted by atomic mass is 35.5. The lowest BCUT2D eigenvalue weighted by atomic mass is 10.3. The molecule has 1 N–H and O–H groups in total. The summed E-state index contributed by atoms with van der Waals surface area (Å²) in [6.07, 6.45) is 5.55. The molecule has 62 valence electrons. The van der Waals surface area contributed by atoms with Gasteiger partial charge in [-0.05, 0) is 25.1 Å². The van der Waals surface area contributed by atoms with E-state index < -0.39 is 0 Å². The first-order valence-corrected chi connectivity index (χ1v) is 3.80. The van der Waals surface area contributed by atoms with Crippen LogP contribution in [0.4, 0.5) is 0 Å². The van der Waals surface area contributed by atoms with Crippen LogP contribution in [0.15, 0.2) is 24.5 Å². The number of halogens is 1. The van der Waals surface area contributed by atoms with Crippen LogP contribution in [0, 0.1) is 0 Å². The van der Waals surface area contributed by atoms with E-state index in [0.29, 0.717) is 6.04 Å². The van der Waals surface area contributed by atoms with Gasteiger partial charge in [-0.15, -0.1) is 12.4 Å². The number of aromatic nitrogens is 1. The average molecular weight is 173 g/mol. The lowest BCUT2D eigenvalue weighted by Crippen LogP contribution is -2.11. The Bertz CT molecular complexity index is 190. The summed E-state index contributed by atoms with van der Waals surface area (Å²) in [5.74, 6) is 0. The molecular weight excluding hydrogens is 160 g/mol. The summed E-state index contributed by atoms with van der Waals surface area (Å²) in [4.78, 5) is 0. The zero-order valence-corrected chi connectivity index (χ0v) is 7.18. The third kappa shape index (κ3) is 1.76. The first kappa shape index (κ1) is 8.62. The van der Waals surface area contributed by atoms with E-state index in [1.165, 1.54) is 13.0 Å². The molecule has 0 aliphatic carbocycles. The molecule has 11 heavy (non-hydrogen) atoms. The zero-order chi connectivity index (χ0) is 6.81. The van der Waals surface area contributed by atoms with Crippen LogP contribution in [-0.2, 0) is 0 Å². The molecule has 0 radical (unpaired) electrons. The van der Waals surface area contributed by atoms with Crippen molar-refractivity contribution in [3.8, 4) is 0 Å². The molecule has 1 aliphatic rings. The molecule has 1 aromatic heterocycles. The lowest BCUT2D eigenvalue weighted by Gasteiger charge is -2.08. The quantitative estimate of drug-likeness (QED) is 0.679. The first-order valence-electron chi connectivity index (χ1n) is 3.80. The van der Waals surface area contributed by atoms with Crippen molar-refractivity contribution >= 4 is 12.4 Å². The molecule has 2 heterocycles. The van der Waals surface area contributed by atoms with Crippen LogP contribution in [0.2, 0.25) is 0 Å². The second-order valence-corrected chi connectivity index (χ2v) is 2.78. The fourth-order valence-electron chi connectivity index (χ4n) is 1.49. The molecule has 0 saturated carbocycles. The first-order chi connectivity index (χ1) is 4.97. The van der Waals surface area contributed by atoms with Gasteiger partial charge in [-0.3, -0.25) is 0 Å². The van der Waals surface area contributed by atoms with Crippen LogP contribution < -0.4 is 5.32 Å². The molecule has 2 rings (SSSR count). The standard InChI is InChI=1S/C8H12N2.ClH/c1-2-6-10(5-1)8-3-4-9-7-8;/h1-2,5-6,8-9H,3-4,7H2;1H. The maximum Gasteiger partial charge on any atom is 0.0467 e. The van der Waals surface area contributed by atoms with Gasteiger partial charge in [0.15, 0.2) is 0 Å². The topological polar surface area (TPSA) is 17.0 Å². The Morgan fingerprint density at radius 3 is 2.55 bits per heavy atom. The Morgan fingerprint density at radius 1 is 1.27 bits per heavy atom. The summed E-state index contributed by atoms with van der Waals surface area (Å²) < 4.78 is 2.28. The highest BCUT2D eigenvalue weighted by Gasteiger charge is 2.13. The van der Waals surface area contributed by atoms with Crippen molar-refractivity contribution in [3.05, 3.63) is 24.5 Å². The van der Waals surface area contributed by atoms with E-state index in [2.05, 4.69) is 34.4 Å². The van der Waals surface area contributed by atoms with Gasteiger partial charge in [-0.25, -0.2) is 0 Å². The summed E-state index contributed by atoms with van der Waals surface area (Å²) in [5, 5.41) is 3.34. The Balaban J connectivity index is 0.000000605. The van der Waals surface area contributed by atoms with Gasteiger partial charge in [0, 0.05) is 25.0 Å². The van der Waals surface area contributed by atoms with E-state index in [0.717, 1.165) is 6.54 Å². The van der Waals surface area contributed by atoms with E-state index >= 15 is 0 Å². The van der Waals surface area contributed by atoms with E-state index in [9.17, 15) is 0 Å². The van der Waals surface area contributed by atoms with Crippen LogP contribution in [-0.4, -0.2) is 17.7 Å². The highest BCUT2D eigenvalue weighted by molar-refractivity contribution is 5.85. The van der Waals surface area contributed by atoms with Gasteiger partial charge in [0.2, 0.25) is 0 Å². The minimum atomic E-state index is 0. The molecule has 3 heteroatoms. The third-order valence-corrected chi connectivity index (χ3v) is 2.08. The Kier molecular flexibility index (Phi) is 2.97. The highest BCUT2D eigenvalue weighted by Crippen LogP contribution is 2.13. The molecule has 0 bridgehead atoms. The van der Waals surface area contributed by atoms with E-state index in [-0.39, 0.29) is 12.4 Å². The van der Waals surface area contributed by atoms with Crippen LogP contribution >= 0.6 is 12.4 Å². The number of hydrogen-bond donors (Lipinski definition) is 1. The van der Waals surface area contributed by atoms with Gasteiger partial charge in [-0.1, -0.05) is 0 Å². The Morgan fingerprint density at radius 2 is 2.00 bits per heavy atom. The number of nitrogens with zero attached hydrogens (tertiary/aromatic N) is 1. The number of nitrogens with one attached hydrogen (secondary N) is 1. The molecule has 0 amide bonds. The Labute approximate surface area is 73.0 Å². The minimum Gasteiger partial charge on any atom is -0.350 e. The van der Waals surface area contributed by atoms with Crippen molar-refractivity contribution < 1.29 is 0 Å². The maximum absolute atomic E-state index is 3.34. The number of rotatable bonds is 1. The second-order valence-electron chi connectivity index (χ2n) is 2.78. The van der Waals surface area contributed by atoms with Crippen molar-refractivity contribution in [1.82, 2.24) is 9.88 Å². The van der Waals surface area contributed by atoms with Crippen molar-refractivity contribution in [2.45, 2.75) is 12.5 Å². The van der Waals surface area contributed by atoms with Gasteiger partial charge in [-0.2, -0.15) is 0 Å². The molecule has 1 aromatic rings. The van der Waals surface area contributed by atoms with Gasteiger partial charge >= 0.3 is 0 Å². The van der Waals surface area contributed by atoms with Crippen LogP contribution in [0.5, 0.6) is 0 Å². The van der Waals surface area contributed by atoms with Gasteiger partial charge in [0.25, 0.3) is 0 Å². The second kappa shape index (κ2) is 3.79. The maximum atomic E-state index is 3.34. The monoisotopic (exact) mass is 172 g/mol. The smallest absolute Gasteiger partial charge is 0.0467 e. The van der Waals surface area contributed by atoms with Crippen molar-refractivity contribution in [3.63, 3.8) is 0 Å². The normalized spacial score (nSPS) is 23.1. The summed E-state index contributed by atoms with van der Waals surface area (Å²) in [6, 6.07) is 4.87. The fraction of sp³-hybridized carbons (Fsp3) is 0.500. The zero-order valence-electron chi connectivity index (χ0n) is 6.36. The van der Waals surface area contributed by atoms with Crippen molar-refractivity contribution in [2.75, 3.05) is 13.1 Å². The SMILES string of the molecule is Cl.c1ccn(C2CCNC2)c1. The predicted molar refractivity (Wildman–Crippen MR) is 48.2 cm³/mol. The van der Waals surface area contributed by atoms with E-state index in [1.807, 2.05) is 0 Å². The predicted octanol–water partition coefficient (Wildman–Crippen LogP) is 1.44. The molecule has 0 aromatic carbocycles. The number of hydrogen-bond acceptors (Lipinski definition) is 1. The van der Waals surface area contributed by atoms with Crippen molar-refractivity contribution in [1.29, 1.82) is 0 Å². The molecule has 1 aliphatic heterocycles. The summed E-state index contributed by atoms with van der Waals surface area (Å²) in [6.45, 7) is 2.30. The molecule has 1 unspecified atom stereocenters. The lowest BCUT2D eigenvalue weighted by molar-refractivity contribution is 0.550. The van der Waals surface area contributed by atoms with Gasteiger partial charge < -0.3 is 9.88 Å². The van der Waals surface area contributed by atoms with Crippen LogP contribution in [0.25, 0.3) is 0 Å². The molecule has 0 spiro atoms. The molecule has 2 nitrogen and oxygen atoms in total. The van der Waals surface area contributed by atoms with E-state index in [4.69, 9.17) is 0 Å². The average Bonchev–Trinajstić information content (AvgIpc) is 2.59. The van der Waals surface area contributed by atoms with Gasteiger partial charge in [0.05, 0.1) is 0 Å². The molecule has 1 saturated heterocycles. The summed E-state index contributed by atoms with van der Waals surface area (Å²) >= 11 is 0. The minimum absolute atomic E-state index is 0. The van der Waals surface area contributed by atoms with Crippen LogP contribution in [0.3, 0.4) is 0 Å². The van der Waals surface area contributed by atoms with Crippen molar-refractivity contribution in [2.24, 2.45) is 0 Å². The molecule has 1 atom stereocenters. The molecule has 1 fully saturated rings. The third-order valence-electron chi connectivity index (χ3n) is 2.08. The molecular formula is C8H13ClN2.